The highest BCUT2D eigenvalue weighted by molar-refractivity contribution is 8.13. The Kier molecular flexibility index (Phi) is 20.3. The first kappa shape index (κ1) is 37.0. The zero-order chi connectivity index (χ0) is 29.0. The second-order valence-electron chi connectivity index (χ2n) is 10.2. The number of carbonyl (C=O) groups excluding carboxylic acids is 3. The average molecular weight is 585 g/mol. The van der Waals surface area contributed by atoms with Crippen molar-refractivity contribution in [2.45, 2.75) is 110 Å². The molecule has 11 nitrogen and oxygen atoms in total. The lowest BCUT2D eigenvalue weighted by Crippen LogP contribution is -2.46. The number of carbonyl (C=O) groups is 3. The number of phosphoric ester groups is 1. The van der Waals surface area contributed by atoms with Crippen molar-refractivity contribution in [1.82, 2.24) is 10.6 Å². The molecule has 0 bridgehead atoms. The lowest BCUT2D eigenvalue weighted by molar-refractivity contribution is -0.137. The first-order valence-electron chi connectivity index (χ1n) is 13.5. The number of thioether (sulfide) groups is 1. The van der Waals surface area contributed by atoms with Crippen molar-refractivity contribution in [3.8, 4) is 0 Å². The van der Waals surface area contributed by atoms with Crippen LogP contribution in [0.4, 0.5) is 0 Å². The molecule has 0 aromatic heterocycles. The monoisotopic (exact) mass is 584 g/mol. The van der Waals surface area contributed by atoms with Gasteiger partial charge in [0.2, 0.25) is 11.8 Å². The van der Waals surface area contributed by atoms with Gasteiger partial charge in [0.25, 0.3) is 0 Å². The molecular weight excluding hydrogens is 535 g/mol. The SMILES string of the molecule is CCCCCCCCCCC[C@H](O)CC(=O)SCCNC(=O)CCNC(=O)[C@@H](O)C(C)(C)COP(=O)(O)O. The molecule has 0 unspecified atom stereocenters. The van der Waals surface area contributed by atoms with Gasteiger partial charge in [-0.3, -0.25) is 18.9 Å². The maximum Gasteiger partial charge on any atom is 0.469 e. The van der Waals surface area contributed by atoms with Crippen LogP contribution in [0.5, 0.6) is 0 Å². The molecule has 0 radical (unpaired) electrons. The third-order valence-corrected chi connectivity index (χ3v) is 7.34. The van der Waals surface area contributed by atoms with Gasteiger partial charge in [-0.2, -0.15) is 0 Å². The molecule has 0 aliphatic carbocycles. The Balaban J connectivity index is 3.87. The minimum Gasteiger partial charge on any atom is -0.393 e. The standard InChI is InChI=1S/C25H49N2O9PS/c1-4-5-6-7-8-9-10-11-12-13-20(28)18-22(30)38-17-16-26-21(29)14-15-27-24(32)23(31)25(2,3)19-36-37(33,34)35/h20,23,28,31H,4-19H2,1-3H3,(H,26,29)(H,27,32)(H2,33,34,35)/t20-,23+/m0/s1. The van der Waals surface area contributed by atoms with E-state index in [1.807, 2.05) is 0 Å². The third kappa shape index (κ3) is 20.9. The summed E-state index contributed by atoms with van der Waals surface area (Å²) in [6, 6.07) is 0. The number of hydrogen-bond acceptors (Lipinski definition) is 8. The van der Waals surface area contributed by atoms with Crippen molar-refractivity contribution in [2.24, 2.45) is 5.41 Å². The number of phosphoric acid groups is 1. The molecule has 0 aromatic carbocycles. The van der Waals surface area contributed by atoms with E-state index in [0.717, 1.165) is 31.0 Å². The summed E-state index contributed by atoms with van der Waals surface area (Å²) in [6.45, 7) is 4.70. The molecule has 224 valence electrons. The van der Waals surface area contributed by atoms with Gasteiger partial charge in [0.15, 0.2) is 5.12 Å². The molecule has 0 aromatic rings. The highest BCUT2D eigenvalue weighted by Crippen LogP contribution is 2.38. The molecule has 6 N–H and O–H groups in total. The van der Waals surface area contributed by atoms with Crippen LogP contribution in [-0.4, -0.2) is 74.6 Å². The van der Waals surface area contributed by atoms with Crippen molar-refractivity contribution < 1.29 is 43.5 Å². The molecule has 0 saturated carbocycles. The lowest BCUT2D eigenvalue weighted by Gasteiger charge is -2.29. The Labute approximate surface area is 231 Å². The van der Waals surface area contributed by atoms with E-state index in [9.17, 15) is 29.2 Å². The quantitative estimate of drug-likeness (QED) is 0.0771. The van der Waals surface area contributed by atoms with Gasteiger partial charge in [-0.1, -0.05) is 90.3 Å². The number of rotatable bonds is 23. The Bertz CT molecular complexity index is 734. The van der Waals surface area contributed by atoms with Crippen LogP contribution in [-0.2, 0) is 23.5 Å². The average Bonchev–Trinajstić information content (AvgIpc) is 2.83. The van der Waals surface area contributed by atoms with Gasteiger partial charge >= 0.3 is 7.82 Å². The molecule has 0 heterocycles. The van der Waals surface area contributed by atoms with Crippen molar-refractivity contribution in [3.05, 3.63) is 0 Å². The van der Waals surface area contributed by atoms with Crippen LogP contribution in [0.2, 0.25) is 0 Å². The van der Waals surface area contributed by atoms with Crippen molar-refractivity contribution in [3.63, 3.8) is 0 Å². The zero-order valence-electron chi connectivity index (χ0n) is 23.2. The third-order valence-electron chi connectivity index (χ3n) is 5.98. The summed E-state index contributed by atoms with van der Waals surface area (Å²) >= 11 is 1.06. The first-order chi connectivity index (χ1) is 17.8. The van der Waals surface area contributed by atoms with E-state index in [0.29, 0.717) is 12.2 Å². The van der Waals surface area contributed by atoms with Gasteiger partial charge in [-0.25, -0.2) is 4.57 Å². The molecule has 2 atom stereocenters. The van der Waals surface area contributed by atoms with Crippen molar-refractivity contribution in [1.29, 1.82) is 0 Å². The van der Waals surface area contributed by atoms with Crippen LogP contribution >= 0.6 is 19.6 Å². The lowest BCUT2D eigenvalue weighted by atomic mass is 9.87. The predicted octanol–water partition coefficient (Wildman–Crippen LogP) is 3.04. The van der Waals surface area contributed by atoms with Crippen LogP contribution in [0.15, 0.2) is 0 Å². The number of hydrogen-bond donors (Lipinski definition) is 6. The molecule has 38 heavy (non-hydrogen) atoms. The van der Waals surface area contributed by atoms with Crippen LogP contribution in [0, 0.1) is 5.41 Å². The number of aliphatic hydroxyl groups excluding tert-OH is 2. The number of nitrogens with one attached hydrogen (secondary N) is 2. The molecule has 0 aliphatic heterocycles. The van der Waals surface area contributed by atoms with Gasteiger partial charge in [-0.15, -0.1) is 0 Å². The minimum atomic E-state index is -4.74. The van der Waals surface area contributed by atoms with E-state index in [-0.39, 0.29) is 37.0 Å². The maximum absolute atomic E-state index is 12.1. The zero-order valence-corrected chi connectivity index (χ0v) is 24.9. The van der Waals surface area contributed by atoms with Gasteiger partial charge in [-0.05, 0) is 6.42 Å². The molecule has 2 amide bonds. The van der Waals surface area contributed by atoms with Gasteiger partial charge in [0.1, 0.15) is 6.10 Å². The first-order valence-corrected chi connectivity index (χ1v) is 16.1. The topological polar surface area (TPSA) is 182 Å². The minimum absolute atomic E-state index is 0.0473. The van der Waals surface area contributed by atoms with E-state index < -0.39 is 38.0 Å². The van der Waals surface area contributed by atoms with Crippen LogP contribution in [0.1, 0.15) is 97.8 Å². The highest BCUT2D eigenvalue weighted by atomic mass is 32.2. The fraction of sp³-hybridized carbons (Fsp3) is 0.880. The number of aliphatic hydroxyl groups is 2. The van der Waals surface area contributed by atoms with E-state index >= 15 is 0 Å². The Morgan fingerprint density at radius 3 is 2.08 bits per heavy atom. The van der Waals surface area contributed by atoms with Crippen LogP contribution in [0.3, 0.4) is 0 Å². The van der Waals surface area contributed by atoms with Gasteiger partial charge in [0.05, 0.1) is 12.7 Å². The second kappa shape index (κ2) is 20.8. The largest absolute Gasteiger partial charge is 0.469 e. The van der Waals surface area contributed by atoms with E-state index in [4.69, 9.17) is 9.79 Å². The number of unbranched alkanes of at least 4 members (excludes halogenated alkanes) is 8. The molecular formula is C25H49N2O9PS. The summed E-state index contributed by atoms with van der Waals surface area (Å²) in [7, 11) is -4.74. The fourth-order valence-corrected chi connectivity index (χ4v) is 4.81. The molecule has 0 fully saturated rings. The summed E-state index contributed by atoms with van der Waals surface area (Å²) in [5.74, 6) is -0.768. The summed E-state index contributed by atoms with van der Waals surface area (Å²) in [6.07, 6.45) is 9.23. The van der Waals surface area contributed by atoms with Crippen LogP contribution < -0.4 is 10.6 Å². The van der Waals surface area contributed by atoms with E-state index in [2.05, 4.69) is 22.1 Å². The summed E-state index contributed by atoms with van der Waals surface area (Å²) in [5, 5.41) is 25.1. The summed E-state index contributed by atoms with van der Waals surface area (Å²) < 4.78 is 15.2. The number of amides is 2. The van der Waals surface area contributed by atoms with Crippen molar-refractivity contribution >= 4 is 36.5 Å². The van der Waals surface area contributed by atoms with Gasteiger partial charge in [0, 0.05) is 37.1 Å². The Hall–Kier alpha value is -1.01. The second-order valence-corrected chi connectivity index (χ2v) is 12.6. The molecule has 13 heteroatoms. The Morgan fingerprint density at radius 1 is 0.921 bits per heavy atom. The predicted molar refractivity (Wildman–Crippen MR) is 148 cm³/mol. The van der Waals surface area contributed by atoms with Crippen molar-refractivity contribution in [2.75, 3.05) is 25.4 Å². The van der Waals surface area contributed by atoms with E-state index in [1.54, 1.807) is 0 Å². The highest BCUT2D eigenvalue weighted by Gasteiger charge is 2.35. The normalized spacial score (nSPS) is 13.7. The smallest absolute Gasteiger partial charge is 0.393 e. The summed E-state index contributed by atoms with van der Waals surface area (Å²) in [5.41, 5.74) is -1.27. The molecule has 0 spiro atoms. The Morgan fingerprint density at radius 2 is 1.50 bits per heavy atom. The molecule has 0 aliphatic rings. The van der Waals surface area contributed by atoms with Crippen LogP contribution in [0.25, 0.3) is 0 Å². The maximum atomic E-state index is 12.1. The van der Waals surface area contributed by atoms with Gasteiger partial charge < -0.3 is 30.6 Å². The molecule has 0 rings (SSSR count). The fourth-order valence-electron chi connectivity index (χ4n) is 3.57. The summed E-state index contributed by atoms with van der Waals surface area (Å²) in [4.78, 5) is 53.6. The van der Waals surface area contributed by atoms with E-state index in [1.165, 1.54) is 52.4 Å². The molecule has 0 saturated heterocycles.